The molecule has 0 spiro atoms. The van der Waals surface area contributed by atoms with Crippen LogP contribution in [0.25, 0.3) is 11.0 Å². The van der Waals surface area contributed by atoms with E-state index in [0.717, 1.165) is 23.6 Å². The molecule has 2 heterocycles. The average molecular weight is 386 g/mol. The summed E-state index contributed by atoms with van der Waals surface area (Å²) in [6.45, 7) is 3.21. The number of anilines is 2. The summed E-state index contributed by atoms with van der Waals surface area (Å²) in [6, 6.07) is 8.29. The number of nitrogens with two attached hydrogens (primary N) is 1. The van der Waals surface area contributed by atoms with Crippen molar-refractivity contribution < 1.29 is 0 Å². The van der Waals surface area contributed by atoms with Gasteiger partial charge in [-0.3, -0.25) is 0 Å². The molecule has 1 aromatic carbocycles. The maximum atomic E-state index is 5.83. The second kappa shape index (κ2) is 9.03. The smallest absolute Gasteiger partial charge is 0.229 e. The molecule has 144 valence electrons. The first-order valence-corrected chi connectivity index (χ1v) is 10.3. The van der Waals surface area contributed by atoms with Gasteiger partial charge in [0.05, 0.1) is 16.8 Å². The van der Waals surface area contributed by atoms with Crippen molar-refractivity contribution in [3.63, 3.8) is 0 Å². The number of para-hydroxylation sites is 2. The first-order valence-electron chi connectivity index (χ1n) is 9.34. The van der Waals surface area contributed by atoms with E-state index in [1.165, 1.54) is 24.8 Å². The van der Waals surface area contributed by atoms with Gasteiger partial charge in [0.25, 0.3) is 0 Å². The minimum absolute atomic E-state index is 0.248. The van der Waals surface area contributed by atoms with Crippen molar-refractivity contribution in [3.8, 4) is 0 Å². The number of nitrogens with zero attached hydrogens (tertiary/aromatic N) is 6. The maximum absolute atomic E-state index is 5.83. The number of fused-ring (bicyclic) bond motifs is 1. The minimum atomic E-state index is 0.248. The van der Waals surface area contributed by atoms with E-state index >= 15 is 0 Å². The Hall–Kier alpha value is -2.35. The number of hydrogen-bond donors (Lipinski definition) is 1. The number of thioether (sulfide) groups is 1. The largest absolute Gasteiger partial charge is 0.368 e. The van der Waals surface area contributed by atoms with Crippen molar-refractivity contribution in [2.24, 2.45) is 0 Å². The van der Waals surface area contributed by atoms with E-state index in [4.69, 9.17) is 10.7 Å². The predicted octanol–water partition coefficient (Wildman–Crippen LogP) is 3.74. The molecule has 3 aromatic rings. The van der Waals surface area contributed by atoms with Crippen LogP contribution in [0.1, 0.15) is 38.4 Å². The Morgan fingerprint density at radius 2 is 1.85 bits per heavy atom. The summed E-state index contributed by atoms with van der Waals surface area (Å²) in [7, 11) is 3.78. The molecule has 0 atom stereocenters. The third kappa shape index (κ3) is 4.88. The molecule has 0 bridgehead atoms. The molecule has 0 saturated carbocycles. The Balaban J connectivity index is 1.80. The summed E-state index contributed by atoms with van der Waals surface area (Å²) >= 11 is 1.64. The third-order valence-electron chi connectivity index (χ3n) is 4.27. The van der Waals surface area contributed by atoms with E-state index in [1.54, 1.807) is 11.8 Å². The Labute approximate surface area is 164 Å². The van der Waals surface area contributed by atoms with Gasteiger partial charge in [-0.25, -0.2) is 4.98 Å². The second-order valence-corrected chi connectivity index (χ2v) is 7.63. The summed E-state index contributed by atoms with van der Waals surface area (Å²) in [4.78, 5) is 19.6. The fraction of sp³-hybridized carbons (Fsp3) is 0.474. The topological polar surface area (TPSA) is 85.8 Å². The van der Waals surface area contributed by atoms with Crippen LogP contribution < -0.4 is 10.6 Å². The normalized spacial score (nSPS) is 11.2. The van der Waals surface area contributed by atoms with Crippen LogP contribution in [0.2, 0.25) is 0 Å². The minimum Gasteiger partial charge on any atom is -0.368 e. The molecule has 7 nitrogen and oxygen atoms in total. The molecule has 0 aliphatic carbocycles. The van der Waals surface area contributed by atoms with E-state index in [-0.39, 0.29) is 5.95 Å². The van der Waals surface area contributed by atoms with Crippen LogP contribution in [0.3, 0.4) is 0 Å². The molecule has 0 fully saturated rings. The summed E-state index contributed by atoms with van der Waals surface area (Å²) in [6.07, 6.45) is 4.91. The number of hydrogen-bond acceptors (Lipinski definition) is 7. The lowest BCUT2D eigenvalue weighted by atomic mass is 10.2. The molecule has 2 N–H and O–H groups in total. The highest BCUT2D eigenvalue weighted by molar-refractivity contribution is 7.98. The molecule has 0 saturated heterocycles. The zero-order valence-electron chi connectivity index (χ0n) is 16.2. The SMILES string of the molecule is CCCCCCn1c(SCc2nc(N)nc(N(C)C)n2)nc2ccccc21. The molecular weight excluding hydrogens is 358 g/mol. The molecule has 0 unspecified atom stereocenters. The lowest BCUT2D eigenvalue weighted by Crippen LogP contribution is -2.16. The summed E-state index contributed by atoms with van der Waals surface area (Å²) in [5.74, 6) is 2.09. The first-order chi connectivity index (χ1) is 13.1. The highest BCUT2D eigenvalue weighted by atomic mass is 32.2. The van der Waals surface area contributed by atoms with Gasteiger partial charge in [0, 0.05) is 20.6 Å². The number of aromatic nitrogens is 5. The Kier molecular flexibility index (Phi) is 6.49. The quantitative estimate of drug-likeness (QED) is 0.443. The van der Waals surface area contributed by atoms with Gasteiger partial charge in [-0.1, -0.05) is 50.1 Å². The van der Waals surface area contributed by atoms with Crippen LogP contribution in [-0.2, 0) is 12.3 Å². The maximum Gasteiger partial charge on any atom is 0.229 e. The summed E-state index contributed by atoms with van der Waals surface area (Å²) in [5.41, 5.74) is 8.04. The van der Waals surface area contributed by atoms with Crippen LogP contribution in [0, 0.1) is 0 Å². The number of rotatable bonds is 9. The molecule has 3 rings (SSSR count). The number of unbranched alkanes of at least 4 members (excludes halogenated alkanes) is 3. The van der Waals surface area contributed by atoms with Crippen molar-refractivity contribution in [3.05, 3.63) is 30.1 Å². The van der Waals surface area contributed by atoms with Crippen LogP contribution in [0.4, 0.5) is 11.9 Å². The van der Waals surface area contributed by atoms with E-state index in [2.05, 4.69) is 44.6 Å². The molecule has 0 radical (unpaired) electrons. The van der Waals surface area contributed by atoms with E-state index < -0.39 is 0 Å². The van der Waals surface area contributed by atoms with Crippen molar-refractivity contribution >= 4 is 34.7 Å². The lowest BCUT2D eigenvalue weighted by molar-refractivity contribution is 0.563. The third-order valence-corrected chi connectivity index (χ3v) is 5.24. The standard InChI is InChI=1S/C19H27N7S/c1-4-5-6-9-12-26-15-11-8-7-10-14(15)21-19(26)27-13-16-22-17(20)24-18(23-16)25(2)3/h7-8,10-11H,4-6,9,12-13H2,1-3H3,(H2,20,22,23,24). The Bertz CT molecular complexity index is 891. The van der Waals surface area contributed by atoms with Gasteiger partial charge in [-0.05, 0) is 18.6 Å². The van der Waals surface area contributed by atoms with Gasteiger partial charge in [0.1, 0.15) is 5.82 Å². The van der Waals surface area contributed by atoms with E-state index in [1.807, 2.05) is 25.1 Å². The molecule has 0 aliphatic heterocycles. The summed E-state index contributed by atoms with van der Waals surface area (Å²) < 4.78 is 2.31. The Morgan fingerprint density at radius 3 is 2.63 bits per heavy atom. The molecule has 0 amide bonds. The number of nitrogen functional groups attached to an aromatic ring is 1. The molecule has 2 aromatic heterocycles. The average Bonchev–Trinajstić information content (AvgIpc) is 3.01. The highest BCUT2D eigenvalue weighted by Gasteiger charge is 2.13. The zero-order valence-corrected chi connectivity index (χ0v) is 17.0. The van der Waals surface area contributed by atoms with Crippen molar-refractivity contribution in [1.29, 1.82) is 0 Å². The van der Waals surface area contributed by atoms with Crippen LogP contribution in [0.5, 0.6) is 0 Å². The van der Waals surface area contributed by atoms with E-state index in [9.17, 15) is 0 Å². The molecule has 27 heavy (non-hydrogen) atoms. The molecule has 0 aliphatic rings. The van der Waals surface area contributed by atoms with E-state index in [0.29, 0.717) is 17.5 Å². The molecule has 8 heteroatoms. The first kappa shape index (κ1) is 19.4. The van der Waals surface area contributed by atoms with Crippen LogP contribution >= 0.6 is 11.8 Å². The fourth-order valence-electron chi connectivity index (χ4n) is 2.90. The zero-order chi connectivity index (χ0) is 19.2. The Morgan fingerprint density at radius 1 is 1.04 bits per heavy atom. The van der Waals surface area contributed by atoms with Crippen molar-refractivity contribution in [1.82, 2.24) is 24.5 Å². The van der Waals surface area contributed by atoms with Crippen LogP contribution in [0.15, 0.2) is 29.4 Å². The van der Waals surface area contributed by atoms with Gasteiger partial charge < -0.3 is 15.2 Å². The van der Waals surface area contributed by atoms with Gasteiger partial charge in [-0.15, -0.1) is 0 Å². The number of aryl methyl sites for hydroxylation is 1. The van der Waals surface area contributed by atoms with Crippen molar-refractivity contribution in [2.75, 3.05) is 24.7 Å². The van der Waals surface area contributed by atoms with Gasteiger partial charge in [0.2, 0.25) is 11.9 Å². The number of benzene rings is 1. The highest BCUT2D eigenvalue weighted by Crippen LogP contribution is 2.27. The van der Waals surface area contributed by atoms with Gasteiger partial charge in [-0.2, -0.15) is 15.0 Å². The fourth-order valence-corrected chi connectivity index (χ4v) is 3.79. The lowest BCUT2D eigenvalue weighted by Gasteiger charge is -2.12. The predicted molar refractivity (Wildman–Crippen MR) is 112 cm³/mol. The van der Waals surface area contributed by atoms with Crippen LogP contribution in [-0.4, -0.2) is 38.6 Å². The summed E-state index contributed by atoms with van der Waals surface area (Å²) in [5, 5.41) is 0.998. The van der Waals surface area contributed by atoms with Gasteiger partial charge in [0.15, 0.2) is 5.16 Å². The monoisotopic (exact) mass is 385 g/mol. The van der Waals surface area contributed by atoms with Gasteiger partial charge >= 0.3 is 0 Å². The molecular formula is C19H27N7S. The number of imidazole rings is 1. The second-order valence-electron chi connectivity index (χ2n) is 6.69. The van der Waals surface area contributed by atoms with Crippen molar-refractivity contribution in [2.45, 2.75) is 50.1 Å².